The number of aldehydes is 1. The van der Waals surface area contributed by atoms with Gasteiger partial charge in [0.15, 0.2) is 6.29 Å². The molecule has 0 aliphatic rings. The zero-order valence-corrected chi connectivity index (χ0v) is 13.6. The lowest BCUT2D eigenvalue weighted by Crippen LogP contribution is -2.12. The van der Waals surface area contributed by atoms with Crippen LogP contribution in [0.1, 0.15) is 44.9 Å². The Balaban J connectivity index is 2.69. The zero-order valence-electron chi connectivity index (χ0n) is 13.6. The third-order valence-corrected chi connectivity index (χ3v) is 3.36. The van der Waals surface area contributed by atoms with Crippen molar-refractivity contribution in [2.75, 3.05) is 13.2 Å². The second-order valence-corrected chi connectivity index (χ2v) is 4.91. The molecule has 0 aromatic heterocycles. The summed E-state index contributed by atoms with van der Waals surface area (Å²) in [4.78, 5) is 35.9. The van der Waals surface area contributed by atoms with Crippen LogP contribution in [0, 0.1) is 0 Å². The van der Waals surface area contributed by atoms with Crippen LogP contribution in [0.5, 0.6) is 0 Å². The summed E-state index contributed by atoms with van der Waals surface area (Å²) in [5.74, 6) is -1.18. The minimum atomic E-state index is -0.592. The van der Waals surface area contributed by atoms with Crippen LogP contribution in [0.3, 0.4) is 0 Å². The highest BCUT2D eigenvalue weighted by Gasteiger charge is 2.21. The number of ether oxygens (including phenoxy) is 2. The molecule has 0 amide bonds. The standard InChI is InChI=1S/C19H18O5/c1-3-23-18(21)14-10-15(12-20)17(13-8-6-5-7-9-13)16(11-14)19(22)24-4-2/h5-12H,3-4H2,1-2H3. The van der Waals surface area contributed by atoms with Gasteiger partial charge in [-0.25, -0.2) is 9.59 Å². The van der Waals surface area contributed by atoms with Gasteiger partial charge in [0.25, 0.3) is 0 Å². The van der Waals surface area contributed by atoms with E-state index in [0.29, 0.717) is 17.4 Å². The van der Waals surface area contributed by atoms with Crippen molar-refractivity contribution in [1.29, 1.82) is 0 Å². The van der Waals surface area contributed by atoms with Crippen molar-refractivity contribution in [3.63, 3.8) is 0 Å². The number of hydrogen-bond donors (Lipinski definition) is 0. The average molecular weight is 326 g/mol. The lowest BCUT2D eigenvalue weighted by Gasteiger charge is -2.14. The van der Waals surface area contributed by atoms with Crippen LogP contribution in [0.25, 0.3) is 11.1 Å². The van der Waals surface area contributed by atoms with Gasteiger partial charge in [-0.2, -0.15) is 0 Å². The fourth-order valence-corrected chi connectivity index (χ4v) is 2.39. The lowest BCUT2D eigenvalue weighted by molar-refractivity contribution is 0.0526. The summed E-state index contributed by atoms with van der Waals surface area (Å²) in [6.07, 6.45) is 0.619. The van der Waals surface area contributed by atoms with Crippen molar-refractivity contribution in [2.24, 2.45) is 0 Å². The van der Waals surface area contributed by atoms with Gasteiger partial charge in [0.2, 0.25) is 0 Å². The maximum atomic E-state index is 12.3. The van der Waals surface area contributed by atoms with Gasteiger partial charge < -0.3 is 9.47 Å². The zero-order chi connectivity index (χ0) is 17.5. The van der Waals surface area contributed by atoms with Crippen LogP contribution in [0.2, 0.25) is 0 Å². The van der Waals surface area contributed by atoms with Gasteiger partial charge in [0, 0.05) is 11.1 Å². The molecule has 0 saturated heterocycles. The Morgan fingerprint density at radius 1 is 0.958 bits per heavy atom. The summed E-state index contributed by atoms with van der Waals surface area (Å²) in [6, 6.07) is 11.9. The summed E-state index contributed by atoms with van der Waals surface area (Å²) in [5.41, 5.74) is 1.67. The third-order valence-electron chi connectivity index (χ3n) is 3.36. The number of rotatable bonds is 6. The molecule has 5 heteroatoms. The highest BCUT2D eigenvalue weighted by atomic mass is 16.5. The molecule has 0 unspecified atom stereocenters. The van der Waals surface area contributed by atoms with Crippen molar-refractivity contribution < 1.29 is 23.9 Å². The molecule has 0 N–H and O–H groups in total. The average Bonchev–Trinajstić information content (AvgIpc) is 2.61. The van der Waals surface area contributed by atoms with Gasteiger partial charge in [0.05, 0.1) is 24.3 Å². The van der Waals surface area contributed by atoms with Crippen molar-refractivity contribution in [2.45, 2.75) is 13.8 Å². The maximum absolute atomic E-state index is 12.3. The van der Waals surface area contributed by atoms with Crippen LogP contribution < -0.4 is 0 Å². The molecular formula is C19H18O5. The molecule has 2 aromatic rings. The van der Waals surface area contributed by atoms with E-state index in [9.17, 15) is 14.4 Å². The van der Waals surface area contributed by atoms with Crippen LogP contribution in [0.15, 0.2) is 42.5 Å². The molecule has 24 heavy (non-hydrogen) atoms. The molecule has 2 aromatic carbocycles. The van der Waals surface area contributed by atoms with E-state index in [0.717, 1.165) is 0 Å². The molecule has 0 aliphatic carbocycles. The van der Waals surface area contributed by atoms with E-state index >= 15 is 0 Å². The second kappa shape index (κ2) is 8.06. The number of benzene rings is 2. The van der Waals surface area contributed by atoms with Gasteiger partial charge in [0.1, 0.15) is 0 Å². The summed E-state index contributed by atoms with van der Waals surface area (Å²) < 4.78 is 10.0. The molecule has 0 atom stereocenters. The Hall–Kier alpha value is -2.95. The van der Waals surface area contributed by atoms with Crippen LogP contribution >= 0.6 is 0 Å². The molecule has 124 valence electrons. The van der Waals surface area contributed by atoms with Crippen molar-refractivity contribution in [3.05, 3.63) is 59.2 Å². The number of carbonyl (C=O) groups excluding carboxylic acids is 3. The number of hydrogen-bond acceptors (Lipinski definition) is 5. The quantitative estimate of drug-likeness (QED) is 0.600. The first kappa shape index (κ1) is 17.4. The van der Waals surface area contributed by atoms with E-state index in [-0.39, 0.29) is 29.9 Å². The Morgan fingerprint density at radius 2 is 1.58 bits per heavy atom. The van der Waals surface area contributed by atoms with E-state index in [1.54, 1.807) is 38.1 Å². The number of esters is 2. The fraction of sp³-hybridized carbons (Fsp3) is 0.211. The molecule has 0 aliphatic heterocycles. The van der Waals surface area contributed by atoms with E-state index in [4.69, 9.17) is 9.47 Å². The Bertz CT molecular complexity index is 750. The Labute approximate surface area is 140 Å². The first-order valence-corrected chi connectivity index (χ1v) is 7.65. The van der Waals surface area contributed by atoms with Crippen molar-refractivity contribution in [3.8, 4) is 11.1 Å². The lowest BCUT2D eigenvalue weighted by atomic mass is 9.92. The van der Waals surface area contributed by atoms with Crippen molar-refractivity contribution in [1.82, 2.24) is 0 Å². The number of carbonyl (C=O) groups is 3. The van der Waals surface area contributed by atoms with E-state index < -0.39 is 11.9 Å². The van der Waals surface area contributed by atoms with Gasteiger partial charge in [-0.05, 0) is 31.5 Å². The maximum Gasteiger partial charge on any atom is 0.338 e. The fourth-order valence-electron chi connectivity index (χ4n) is 2.39. The molecule has 0 radical (unpaired) electrons. The summed E-state index contributed by atoms with van der Waals surface area (Å²) in [5, 5.41) is 0. The van der Waals surface area contributed by atoms with Gasteiger partial charge in [-0.3, -0.25) is 4.79 Å². The Morgan fingerprint density at radius 3 is 2.17 bits per heavy atom. The molecule has 0 fully saturated rings. The van der Waals surface area contributed by atoms with E-state index in [1.807, 2.05) is 6.07 Å². The largest absolute Gasteiger partial charge is 0.462 e. The minimum absolute atomic E-state index is 0.140. The predicted octanol–water partition coefficient (Wildman–Crippen LogP) is 3.52. The van der Waals surface area contributed by atoms with Crippen molar-refractivity contribution >= 4 is 18.2 Å². The Kier molecular flexibility index (Phi) is 5.84. The second-order valence-electron chi connectivity index (χ2n) is 4.91. The molecule has 0 heterocycles. The minimum Gasteiger partial charge on any atom is -0.462 e. The van der Waals surface area contributed by atoms with Gasteiger partial charge in [-0.15, -0.1) is 0 Å². The van der Waals surface area contributed by atoms with E-state index in [2.05, 4.69) is 0 Å². The highest BCUT2D eigenvalue weighted by Crippen LogP contribution is 2.29. The summed E-state index contributed by atoms with van der Waals surface area (Å²) in [7, 11) is 0. The molecule has 5 nitrogen and oxygen atoms in total. The van der Waals surface area contributed by atoms with Gasteiger partial charge >= 0.3 is 11.9 Å². The molecule has 2 rings (SSSR count). The monoisotopic (exact) mass is 326 g/mol. The van der Waals surface area contributed by atoms with E-state index in [1.165, 1.54) is 12.1 Å². The van der Waals surface area contributed by atoms with Gasteiger partial charge in [-0.1, -0.05) is 30.3 Å². The predicted molar refractivity (Wildman–Crippen MR) is 89.2 cm³/mol. The molecule has 0 spiro atoms. The first-order chi connectivity index (χ1) is 11.6. The first-order valence-electron chi connectivity index (χ1n) is 7.65. The third kappa shape index (κ3) is 3.68. The smallest absolute Gasteiger partial charge is 0.338 e. The summed E-state index contributed by atoms with van der Waals surface area (Å²) in [6.45, 7) is 3.76. The SMILES string of the molecule is CCOC(=O)c1cc(C=O)c(-c2ccccc2)c(C(=O)OCC)c1. The van der Waals surface area contributed by atoms with Crippen LogP contribution in [-0.4, -0.2) is 31.4 Å². The molecule has 0 saturated carbocycles. The summed E-state index contributed by atoms with van der Waals surface area (Å²) >= 11 is 0. The van der Waals surface area contributed by atoms with Crippen LogP contribution in [-0.2, 0) is 9.47 Å². The van der Waals surface area contributed by atoms with Crippen LogP contribution in [0.4, 0.5) is 0 Å². The normalized spacial score (nSPS) is 10.1. The highest BCUT2D eigenvalue weighted by molar-refractivity contribution is 6.05. The molecule has 0 bridgehead atoms. The topological polar surface area (TPSA) is 69.7 Å². The molecular weight excluding hydrogens is 308 g/mol.